The summed E-state index contributed by atoms with van der Waals surface area (Å²) in [5, 5.41) is 5.54. The van der Waals surface area contributed by atoms with Gasteiger partial charge in [0, 0.05) is 17.4 Å². The molecule has 3 aromatic rings. The number of carbonyl (C=O) groups excluding carboxylic acids is 1. The third-order valence-electron chi connectivity index (χ3n) is 3.63. The van der Waals surface area contributed by atoms with Crippen molar-refractivity contribution < 1.29 is 18.0 Å². The van der Waals surface area contributed by atoms with Crippen molar-refractivity contribution in [1.82, 2.24) is 0 Å². The molecule has 0 heterocycles. The summed E-state index contributed by atoms with van der Waals surface area (Å²) in [7, 11) is 0. The third kappa shape index (κ3) is 4.63. The lowest BCUT2D eigenvalue weighted by atomic mass is 10.1. The van der Waals surface area contributed by atoms with E-state index in [1.165, 1.54) is 18.2 Å². The van der Waals surface area contributed by atoms with Crippen molar-refractivity contribution in [2.45, 2.75) is 6.42 Å². The van der Waals surface area contributed by atoms with Gasteiger partial charge in [-0.25, -0.2) is 13.2 Å². The average Bonchev–Trinajstić information content (AvgIpc) is 2.59. The molecule has 0 unspecified atom stereocenters. The predicted octanol–water partition coefficient (Wildman–Crippen LogP) is 5.03. The number of nitrogens with one attached hydrogen (secondary N) is 2. The van der Waals surface area contributed by atoms with Gasteiger partial charge in [0.15, 0.2) is 0 Å². The van der Waals surface area contributed by atoms with Crippen molar-refractivity contribution in [3.8, 4) is 0 Å². The molecule has 132 valence electrons. The van der Waals surface area contributed by atoms with Gasteiger partial charge in [0.1, 0.15) is 17.5 Å². The fourth-order valence-corrected chi connectivity index (χ4v) is 2.42. The van der Waals surface area contributed by atoms with Crippen LogP contribution in [0.1, 0.15) is 5.56 Å². The summed E-state index contributed by atoms with van der Waals surface area (Å²) in [6.45, 7) is 0. The van der Waals surface area contributed by atoms with E-state index in [-0.39, 0.29) is 18.0 Å². The van der Waals surface area contributed by atoms with Crippen LogP contribution in [0.25, 0.3) is 0 Å². The Morgan fingerprint density at radius 2 is 1.50 bits per heavy atom. The number of hydrogen-bond acceptors (Lipinski definition) is 2. The van der Waals surface area contributed by atoms with Crippen LogP contribution in [0.4, 0.5) is 30.2 Å². The largest absolute Gasteiger partial charge is 0.353 e. The van der Waals surface area contributed by atoms with Gasteiger partial charge in [-0.15, -0.1) is 0 Å². The average molecular weight is 356 g/mol. The summed E-state index contributed by atoms with van der Waals surface area (Å²) in [6.07, 6.45) is 0.0541. The van der Waals surface area contributed by atoms with Crippen molar-refractivity contribution >= 4 is 23.0 Å². The van der Waals surface area contributed by atoms with Crippen LogP contribution in [-0.2, 0) is 11.2 Å². The van der Waals surface area contributed by atoms with Crippen LogP contribution in [0.3, 0.4) is 0 Å². The number of halogens is 3. The summed E-state index contributed by atoms with van der Waals surface area (Å²) in [5.41, 5.74) is 1.86. The smallest absolute Gasteiger partial charge is 0.228 e. The molecule has 0 aliphatic heterocycles. The minimum atomic E-state index is -0.697. The number of benzene rings is 3. The Bertz CT molecular complexity index is 927. The molecule has 1 amide bonds. The zero-order valence-electron chi connectivity index (χ0n) is 13.6. The minimum Gasteiger partial charge on any atom is -0.353 e. The second-order valence-electron chi connectivity index (χ2n) is 5.68. The summed E-state index contributed by atoms with van der Waals surface area (Å²) >= 11 is 0. The molecule has 0 radical (unpaired) electrons. The predicted molar refractivity (Wildman–Crippen MR) is 94.8 cm³/mol. The van der Waals surface area contributed by atoms with Crippen LogP contribution < -0.4 is 10.6 Å². The zero-order valence-corrected chi connectivity index (χ0v) is 13.6. The molecule has 0 saturated carbocycles. The maximum atomic E-state index is 13.6. The summed E-state index contributed by atoms with van der Waals surface area (Å²) in [6, 6.07) is 15.7. The molecule has 6 heteroatoms. The van der Waals surface area contributed by atoms with E-state index in [1.54, 1.807) is 36.4 Å². The van der Waals surface area contributed by atoms with E-state index in [4.69, 9.17) is 0 Å². The van der Waals surface area contributed by atoms with E-state index in [0.29, 0.717) is 16.9 Å². The molecule has 0 atom stereocenters. The second-order valence-corrected chi connectivity index (χ2v) is 5.68. The van der Waals surface area contributed by atoms with Crippen molar-refractivity contribution in [3.05, 3.63) is 89.7 Å². The number of carbonyl (C=O) groups is 1. The van der Waals surface area contributed by atoms with E-state index < -0.39 is 17.5 Å². The molecule has 0 saturated heterocycles. The van der Waals surface area contributed by atoms with Crippen LogP contribution in [-0.4, -0.2) is 5.91 Å². The zero-order chi connectivity index (χ0) is 18.5. The SMILES string of the molecule is O=C(Cc1cccc(F)c1)Nc1ccc(Nc2ccc(F)cc2F)cc1. The highest BCUT2D eigenvalue weighted by atomic mass is 19.1. The van der Waals surface area contributed by atoms with E-state index >= 15 is 0 Å². The van der Waals surface area contributed by atoms with E-state index in [2.05, 4.69) is 10.6 Å². The number of anilines is 3. The first kappa shape index (κ1) is 17.5. The quantitative estimate of drug-likeness (QED) is 0.673. The summed E-state index contributed by atoms with van der Waals surface area (Å²) < 4.78 is 39.7. The normalized spacial score (nSPS) is 10.4. The standard InChI is InChI=1S/C20H15F3N2O/c21-14-3-1-2-13(10-14)11-20(26)25-17-7-5-16(6-8-17)24-19-9-4-15(22)12-18(19)23/h1-10,12,24H,11H2,(H,25,26). The lowest BCUT2D eigenvalue weighted by molar-refractivity contribution is -0.115. The first-order chi connectivity index (χ1) is 12.5. The second kappa shape index (κ2) is 7.74. The number of rotatable bonds is 5. The molecule has 26 heavy (non-hydrogen) atoms. The highest BCUT2D eigenvalue weighted by Crippen LogP contribution is 2.22. The fourth-order valence-electron chi connectivity index (χ4n) is 2.42. The first-order valence-corrected chi connectivity index (χ1v) is 7.86. The van der Waals surface area contributed by atoms with Crippen molar-refractivity contribution in [1.29, 1.82) is 0 Å². The lowest BCUT2D eigenvalue weighted by Gasteiger charge is -2.09. The van der Waals surface area contributed by atoms with Crippen molar-refractivity contribution in [2.24, 2.45) is 0 Å². The van der Waals surface area contributed by atoms with Gasteiger partial charge in [-0.2, -0.15) is 0 Å². The Morgan fingerprint density at radius 3 is 2.19 bits per heavy atom. The van der Waals surface area contributed by atoms with Crippen molar-refractivity contribution in [3.63, 3.8) is 0 Å². The molecule has 3 nitrogen and oxygen atoms in total. The molecule has 2 N–H and O–H groups in total. The summed E-state index contributed by atoms with van der Waals surface area (Å²) in [5.74, 6) is -2.01. The van der Waals surface area contributed by atoms with Gasteiger partial charge in [-0.1, -0.05) is 12.1 Å². The van der Waals surface area contributed by atoms with Gasteiger partial charge in [0.25, 0.3) is 0 Å². The van der Waals surface area contributed by atoms with Gasteiger partial charge in [0.05, 0.1) is 12.1 Å². The van der Waals surface area contributed by atoms with Gasteiger partial charge < -0.3 is 10.6 Å². The van der Waals surface area contributed by atoms with Gasteiger partial charge in [-0.05, 0) is 54.1 Å². The third-order valence-corrected chi connectivity index (χ3v) is 3.63. The lowest BCUT2D eigenvalue weighted by Crippen LogP contribution is -2.14. The van der Waals surface area contributed by atoms with Gasteiger partial charge in [0.2, 0.25) is 5.91 Å². The molecule has 0 aliphatic carbocycles. The molecule has 3 aromatic carbocycles. The Kier molecular flexibility index (Phi) is 5.22. The van der Waals surface area contributed by atoms with Crippen LogP contribution in [0.5, 0.6) is 0 Å². The fraction of sp³-hybridized carbons (Fsp3) is 0.0500. The van der Waals surface area contributed by atoms with Crippen LogP contribution in [0, 0.1) is 17.5 Å². The molecule has 0 bridgehead atoms. The monoisotopic (exact) mass is 356 g/mol. The maximum absolute atomic E-state index is 13.6. The van der Waals surface area contributed by atoms with E-state index in [1.807, 2.05) is 0 Å². The Morgan fingerprint density at radius 1 is 0.808 bits per heavy atom. The molecule has 0 aromatic heterocycles. The Hall–Kier alpha value is -3.28. The minimum absolute atomic E-state index is 0.0541. The molecule has 3 rings (SSSR count). The summed E-state index contributed by atoms with van der Waals surface area (Å²) in [4.78, 5) is 12.0. The van der Waals surface area contributed by atoms with E-state index in [0.717, 1.165) is 12.1 Å². The highest BCUT2D eigenvalue weighted by molar-refractivity contribution is 5.92. The topological polar surface area (TPSA) is 41.1 Å². The molecular formula is C20H15F3N2O. The van der Waals surface area contributed by atoms with Gasteiger partial charge >= 0.3 is 0 Å². The van der Waals surface area contributed by atoms with Crippen LogP contribution >= 0.6 is 0 Å². The molecule has 0 spiro atoms. The molecular weight excluding hydrogens is 341 g/mol. The number of hydrogen-bond donors (Lipinski definition) is 2. The van der Waals surface area contributed by atoms with Crippen LogP contribution in [0.15, 0.2) is 66.7 Å². The number of amides is 1. The van der Waals surface area contributed by atoms with Crippen LogP contribution in [0.2, 0.25) is 0 Å². The van der Waals surface area contributed by atoms with Gasteiger partial charge in [-0.3, -0.25) is 4.79 Å². The first-order valence-electron chi connectivity index (χ1n) is 7.86. The molecule has 0 fully saturated rings. The van der Waals surface area contributed by atoms with Crippen molar-refractivity contribution in [2.75, 3.05) is 10.6 Å². The Labute approximate surface area is 148 Å². The Balaban J connectivity index is 1.61. The highest BCUT2D eigenvalue weighted by Gasteiger charge is 2.07. The molecule has 0 aliphatic rings. The van der Waals surface area contributed by atoms with E-state index in [9.17, 15) is 18.0 Å². The maximum Gasteiger partial charge on any atom is 0.228 e.